The molecule has 0 spiro atoms. The van der Waals surface area contributed by atoms with Gasteiger partial charge in [0, 0.05) is 6.42 Å². The molecule has 2 heterocycles. The minimum Gasteiger partial charge on any atom is -0.267 e. The Labute approximate surface area is 137 Å². The fraction of sp³-hybridized carbons (Fsp3) is 0.235. The van der Waals surface area contributed by atoms with Crippen LogP contribution in [0, 0.1) is 5.92 Å². The molecule has 0 aliphatic carbocycles. The Bertz CT molecular complexity index is 898. The number of carbonyl (C=O) groups excluding carboxylic acids is 1. The first-order valence-electron chi connectivity index (χ1n) is 7.42. The molecule has 0 aliphatic heterocycles. The highest BCUT2D eigenvalue weighted by atomic mass is 32.1. The summed E-state index contributed by atoms with van der Waals surface area (Å²) in [4.78, 5) is 30.2. The third kappa shape index (κ3) is 3.17. The summed E-state index contributed by atoms with van der Waals surface area (Å²) >= 11 is 1.33. The third-order valence-electron chi connectivity index (χ3n) is 3.39. The molecular weight excluding hydrogens is 310 g/mol. The standard InChI is InChI=1S/C17H17N3O2S/c1-11(2)10-15-18-13-7-4-3-6-12(13)17(22)20(15)19-16(21)14-8-5-9-23-14/h3-9,11H,10H2,1-2H3,(H,19,21). The Morgan fingerprint density at radius 3 is 2.74 bits per heavy atom. The van der Waals surface area contributed by atoms with E-state index in [1.165, 1.54) is 16.0 Å². The molecule has 6 heteroatoms. The zero-order chi connectivity index (χ0) is 16.4. The molecule has 0 aliphatic rings. The molecule has 0 radical (unpaired) electrons. The van der Waals surface area contributed by atoms with E-state index in [0.717, 1.165) is 0 Å². The van der Waals surface area contributed by atoms with Crippen molar-refractivity contribution >= 4 is 28.1 Å². The highest BCUT2D eigenvalue weighted by Gasteiger charge is 2.15. The number of nitrogens with one attached hydrogen (secondary N) is 1. The second-order valence-electron chi connectivity index (χ2n) is 5.70. The molecule has 0 saturated heterocycles. The van der Waals surface area contributed by atoms with Gasteiger partial charge in [0.2, 0.25) is 0 Å². The van der Waals surface area contributed by atoms with Crippen molar-refractivity contribution in [3.8, 4) is 0 Å². The van der Waals surface area contributed by atoms with Gasteiger partial charge in [-0.3, -0.25) is 15.0 Å². The average molecular weight is 327 g/mol. The SMILES string of the molecule is CC(C)Cc1nc2ccccc2c(=O)n1NC(=O)c1cccs1. The van der Waals surface area contributed by atoms with E-state index in [1.807, 2.05) is 31.4 Å². The predicted octanol–water partition coefficient (Wildman–Crippen LogP) is 3.04. The molecule has 118 valence electrons. The van der Waals surface area contributed by atoms with Gasteiger partial charge < -0.3 is 0 Å². The number of nitrogens with zero attached hydrogens (tertiary/aromatic N) is 2. The maximum Gasteiger partial charge on any atom is 0.280 e. The summed E-state index contributed by atoms with van der Waals surface area (Å²) < 4.78 is 1.28. The monoisotopic (exact) mass is 327 g/mol. The number of rotatable bonds is 4. The van der Waals surface area contributed by atoms with Gasteiger partial charge in [-0.2, -0.15) is 0 Å². The van der Waals surface area contributed by atoms with Crippen LogP contribution in [-0.2, 0) is 6.42 Å². The summed E-state index contributed by atoms with van der Waals surface area (Å²) in [7, 11) is 0. The van der Waals surface area contributed by atoms with E-state index >= 15 is 0 Å². The van der Waals surface area contributed by atoms with Gasteiger partial charge in [-0.1, -0.05) is 32.0 Å². The lowest BCUT2D eigenvalue weighted by molar-refractivity contribution is 0.101. The number of hydrogen-bond donors (Lipinski definition) is 1. The van der Waals surface area contributed by atoms with Gasteiger partial charge in [0.25, 0.3) is 11.5 Å². The van der Waals surface area contributed by atoms with Crippen LogP contribution < -0.4 is 11.0 Å². The molecule has 0 fully saturated rings. The van der Waals surface area contributed by atoms with Crippen LogP contribution in [0.15, 0.2) is 46.6 Å². The summed E-state index contributed by atoms with van der Waals surface area (Å²) in [6.07, 6.45) is 0.602. The van der Waals surface area contributed by atoms with Crippen LogP contribution >= 0.6 is 11.3 Å². The summed E-state index contributed by atoms with van der Waals surface area (Å²) in [5.74, 6) is 0.575. The lowest BCUT2D eigenvalue weighted by Gasteiger charge is -2.15. The fourth-order valence-electron chi connectivity index (χ4n) is 2.36. The number of para-hydroxylation sites is 1. The van der Waals surface area contributed by atoms with Crippen molar-refractivity contribution < 1.29 is 4.79 Å². The average Bonchev–Trinajstić information content (AvgIpc) is 3.05. The summed E-state index contributed by atoms with van der Waals surface area (Å²) in [6.45, 7) is 4.10. The van der Waals surface area contributed by atoms with E-state index in [4.69, 9.17) is 0 Å². The first kappa shape index (κ1) is 15.4. The van der Waals surface area contributed by atoms with Gasteiger partial charge in [0.1, 0.15) is 5.82 Å². The molecule has 3 aromatic rings. The first-order valence-corrected chi connectivity index (χ1v) is 8.29. The van der Waals surface area contributed by atoms with Crippen molar-refractivity contribution in [1.29, 1.82) is 0 Å². The van der Waals surface area contributed by atoms with E-state index in [1.54, 1.807) is 24.3 Å². The molecule has 1 amide bonds. The van der Waals surface area contributed by atoms with Crippen LogP contribution in [0.25, 0.3) is 10.9 Å². The molecular formula is C17H17N3O2S. The summed E-state index contributed by atoms with van der Waals surface area (Å²) in [5.41, 5.74) is 3.09. The summed E-state index contributed by atoms with van der Waals surface area (Å²) in [5, 5.41) is 2.32. The molecule has 1 N–H and O–H groups in total. The fourth-order valence-corrected chi connectivity index (χ4v) is 2.97. The van der Waals surface area contributed by atoms with Gasteiger partial charge in [-0.15, -0.1) is 11.3 Å². The molecule has 5 nitrogen and oxygen atoms in total. The van der Waals surface area contributed by atoms with E-state index in [0.29, 0.717) is 33.9 Å². The quantitative estimate of drug-likeness (QED) is 0.801. The number of fused-ring (bicyclic) bond motifs is 1. The van der Waals surface area contributed by atoms with E-state index in [9.17, 15) is 9.59 Å². The largest absolute Gasteiger partial charge is 0.280 e. The van der Waals surface area contributed by atoms with Crippen molar-refractivity contribution in [2.75, 3.05) is 5.43 Å². The minimum atomic E-state index is -0.302. The molecule has 0 saturated carbocycles. The molecule has 0 atom stereocenters. The van der Waals surface area contributed by atoms with E-state index in [-0.39, 0.29) is 11.5 Å². The maximum atomic E-state index is 12.7. The Balaban J connectivity index is 2.10. The zero-order valence-corrected chi connectivity index (χ0v) is 13.8. The van der Waals surface area contributed by atoms with Gasteiger partial charge in [0.15, 0.2) is 0 Å². The van der Waals surface area contributed by atoms with Crippen LogP contribution in [-0.4, -0.2) is 15.6 Å². The Morgan fingerprint density at radius 1 is 1.26 bits per heavy atom. The summed E-state index contributed by atoms with van der Waals surface area (Å²) in [6, 6.07) is 10.7. The number of aromatic nitrogens is 2. The highest BCUT2D eigenvalue weighted by molar-refractivity contribution is 7.12. The Kier molecular flexibility index (Phi) is 4.25. The van der Waals surface area contributed by atoms with Gasteiger partial charge in [-0.05, 0) is 29.5 Å². The molecule has 1 aromatic carbocycles. The van der Waals surface area contributed by atoms with E-state index in [2.05, 4.69) is 10.4 Å². The van der Waals surface area contributed by atoms with Crippen molar-refractivity contribution in [2.45, 2.75) is 20.3 Å². The van der Waals surface area contributed by atoms with Crippen LogP contribution in [0.4, 0.5) is 0 Å². The minimum absolute atomic E-state index is 0.254. The molecule has 0 unspecified atom stereocenters. The van der Waals surface area contributed by atoms with Crippen molar-refractivity contribution in [1.82, 2.24) is 9.66 Å². The van der Waals surface area contributed by atoms with Crippen molar-refractivity contribution in [2.24, 2.45) is 5.92 Å². The Morgan fingerprint density at radius 2 is 2.04 bits per heavy atom. The number of benzene rings is 1. The molecule has 3 rings (SSSR count). The van der Waals surface area contributed by atoms with E-state index < -0.39 is 0 Å². The lowest BCUT2D eigenvalue weighted by atomic mass is 10.1. The number of carbonyl (C=O) groups is 1. The smallest absolute Gasteiger partial charge is 0.267 e. The molecule has 0 bridgehead atoms. The topological polar surface area (TPSA) is 64.0 Å². The van der Waals surface area contributed by atoms with Crippen LogP contribution in [0.5, 0.6) is 0 Å². The number of amides is 1. The molecule has 2 aromatic heterocycles. The van der Waals surface area contributed by atoms with Crippen molar-refractivity contribution in [3.05, 3.63) is 62.8 Å². The predicted molar refractivity (Wildman–Crippen MR) is 92.6 cm³/mol. The van der Waals surface area contributed by atoms with Gasteiger partial charge in [0.05, 0.1) is 15.8 Å². The second-order valence-corrected chi connectivity index (χ2v) is 6.65. The van der Waals surface area contributed by atoms with Gasteiger partial charge in [-0.25, -0.2) is 9.66 Å². The normalized spacial score (nSPS) is 11.1. The lowest BCUT2D eigenvalue weighted by Crippen LogP contribution is -2.36. The number of thiophene rings is 1. The highest BCUT2D eigenvalue weighted by Crippen LogP contribution is 2.12. The first-order chi connectivity index (χ1) is 11.1. The van der Waals surface area contributed by atoms with Crippen molar-refractivity contribution in [3.63, 3.8) is 0 Å². The maximum absolute atomic E-state index is 12.7. The number of hydrogen-bond acceptors (Lipinski definition) is 4. The second kappa shape index (κ2) is 6.34. The van der Waals surface area contributed by atoms with Crippen LogP contribution in [0.3, 0.4) is 0 Å². The third-order valence-corrected chi connectivity index (χ3v) is 4.26. The van der Waals surface area contributed by atoms with Crippen LogP contribution in [0.2, 0.25) is 0 Å². The molecule has 23 heavy (non-hydrogen) atoms. The zero-order valence-electron chi connectivity index (χ0n) is 12.9. The Hall–Kier alpha value is -2.47. The van der Waals surface area contributed by atoms with Gasteiger partial charge >= 0.3 is 0 Å². The van der Waals surface area contributed by atoms with Crippen LogP contribution in [0.1, 0.15) is 29.3 Å².